The van der Waals surface area contributed by atoms with Crippen LogP contribution in [0.3, 0.4) is 0 Å². The van der Waals surface area contributed by atoms with Gasteiger partial charge in [0, 0.05) is 12.6 Å². The van der Waals surface area contributed by atoms with Gasteiger partial charge in [0.2, 0.25) is 0 Å². The number of methoxy groups -OCH3 is 1. The molecule has 20 heavy (non-hydrogen) atoms. The summed E-state index contributed by atoms with van der Waals surface area (Å²) < 4.78 is 5.28. The Labute approximate surface area is 123 Å². The summed E-state index contributed by atoms with van der Waals surface area (Å²) >= 11 is 0. The van der Waals surface area contributed by atoms with Gasteiger partial charge in [-0.25, -0.2) is 0 Å². The molecule has 0 aliphatic rings. The molecule has 1 aromatic carbocycles. The zero-order chi connectivity index (χ0) is 15.1. The SMILES string of the molecule is COc1cccc(C(CN)NCC(C(C)C)C(C)C)c1. The lowest BCUT2D eigenvalue weighted by molar-refractivity contribution is 0.266. The fourth-order valence-corrected chi connectivity index (χ4v) is 2.72. The van der Waals surface area contributed by atoms with Crippen molar-refractivity contribution in [2.24, 2.45) is 23.5 Å². The van der Waals surface area contributed by atoms with E-state index in [4.69, 9.17) is 10.5 Å². The molecule has 0 aliphatic carbocycles. The zero-order valence-electron chi connectivity index (χ0n) is 13.5. The Bertz CT molecular complexity index is 382. The number of hydrogen-bond acceptors (Lipinski definition) is 3. The largest absolute Gasteiger partial charge is 0.497 e. The average Bonchev–Trinajstić information content (AvgIpc) is 2.42. The van der Waals surface area contributed by atoms with E-state index in [1.54, 1.807) is 7.11 Å². The first-order valence-electron chi connectivity index (χ1n) is 7.57. The summed E-state index contributed by atoms with van der Waals surface area (Å²) in [7, 11) is 1.69. The maximum Gasteiger partial charge on any atom is 0.119 e. The predicted octanol–water partition coefficient (Wildman–Crippen LogP) is 3.21. The van der Waals surface area contributed by atoms with Crippen LogP contribution >= 0.6 is 0 Å². The van der Waals surface area contributed by atoms with Crippen LogP contribution in [0.4, 0.5) is 0 Å². The average molecular weight is 278 g/mol. The Morgan fingerprint density at radius 3 is 2.30 bits per heavy atom. The summed E-state index contributed by atoms with van der Waals surface area (Å²) in [5.74, 6) is 2.89. The Kier molecular flexibility index (Phi) is 7.03. The minimum atomic E-state index is 0.185. The third-order valence-corrected chi connectivity index (χ3v) is 4.04. The second-order valence-electron chi connectivity index (χ2n) is 6.13. The van der Waals surface area contributed by atoms with Crippen molar-refractivity contribution in [2.45, 2.75) is 33.7 Å². The van der Waals surface area contributed by atoms with Gasteiger partial charge in [-0.05, 0) is 42.0 Å². The lowest BCUT2D eigenvalue weighted by atomic mass is 9.85. The maximum absolute atomic E-state index is 5.93. The molecule has 3 nitrogen and oxygen atoms in total. The number of hydrogen-bond donors (Lipinski definition) is 2. The first kappa shape index (κ1) is 17.0. The molecular weight excluding hydrogens is 248 g/mol. The highest BCUT2D eigenvalue weighted by Gasteiger charge is 2.19. The van der Waals surface area contributed by atoms with Gasteiger partial charge in [-0.3, -0.25) is 0 Å². The molecule has 114 valence electrons. The molecule has 1 unspecified atom stereocenters. The zero-order valence-corrected chi connectivity index (χ0v) is 13.5. The summed E-state index contributed by atoms with van der Waals surface area (Å²) in [4.78, 5) is 0. The minimum Gasteiger partial charge on any atom is -0.497 e. The molecule has 0 saturated heterocycles. The quantitative estimate of drug-likeness (QED) is 0.767. The van der Waals surface area contributed by atoms with Gasteiger partial charge in [0.15, 0.2) is 0 Å². The second kappa shape index (κ2) is 8.28. The number of benzene rings is 1. The fraction of sp³-hybridized carbons (Fsp3) is 0.647. The minimum absolute atomic E-state index is 0.185. The standard InChI is InChI=1S/C17H30N2O/c1-12(2)16(13(3)4)11-19-17(10-18)14-7-6-8-15(9-14)20-5/h6-9,12-13,16-17,19H,10-11,18H2,1-5H3. The van der Waals surface area contributed by atoms with Crippen LogP contribution in [-0.4, -0.2) is 20.2 Å². The van der Waals surface area contributed by atoms with Crippen molar-refractivity contribution in [3.8, 4) is 5.75 Å². The normalized spacial score (nSPS) is 13.2. The maximum atomic E-state index is 5.93. The number of ether oxygens (including phenoxy) is 1. The van der Waals surface area contributed by atoms with Crippen LogP contribution < -0.4 is 15.8 Å². The van der Waals surface area contributed by atoms with E-state index in [-0.39, 0.29) is 6.04 Å². The van der Waals surface area contributed by atoms with Gasteiger partial charge < -0.3 is 15.8 Å². The van der Waals surface area contributed by atoms with E-state index in [1.807, 2.05) is 12.1 Å². The molecule has 0 aromatic heterocycles. The fourth-order valence-electron chi connectivity index (χ4n) is 2.72. The molecule has 0 bridgehead atoms. The van der Waals surface area contributed by atoms with Crippen LogP contribution in [0.15, 0.2) is 24.3 Å². The molecule has 0 amide bonds. The molecular formula is C17H30N2O. The molecule has 3 heteroatoms. The molecule has 0 spiro atoms. The molecule has 0 radical (unpaired) electrons. The Balaban J connectivity index is 2.71. The highest BCUT2D eigenvalue weighted by Crippen LogP contribution is 2.22. The first-order valence-corrected chi connectivity index (χ1v) is 7.57. The summed E-state index contributed by atoms with van der Waals surface area (Å²) in [6.45, 7) is 10.7. The highest BCUT2D eigenvalue weighted by molar-refractivity contribution is 5.30. The molecule has 0 aliphatic heterocycles. The van der Waals surface area contributed by atoms with Gasteiger partial charge in [0.25, 0.3) is 0 Å². The lowest BCUT2D eigenvalue weighted by Gasteiger charge is -2.28. The van der Waals surface area contributed by atoms with Crippen molar-refractivity contribution in [1.29, 1.82) is 0 Å². The van der Waals surface area contributed by atoms with Crippen molar-refractivity contribution in [3.05, 3.63) is 29.8 Å². The van der Waals surface area contributed by atoms with Crippen molar-refractivity contribution in [3.63, 3.8) is 0 Å². The summed E-state index contributed by atoms with van der Waals surface area (Å²) in [6.07, 6.45) is 0. The van der Waals surface area contributed by atoms with Gasteiger partial charge in [-0.15, -0.1) is 0 Å². The molecule has 1 aromatic rings. The van der Waals surface area contributed by atoms with E-state index in [0.29, 0.717) is 24.3 Å². The van der Waals surface area contributed by atoms with Gasteiger partial charge in [-0.1, -0.05) is 39.8 Å². The smallest absolute Gasteiger partial charge is 0.119 e. The van der Waals surface area contributed by atoms with Crippen molar-refractivity contribution >= 4 is 0 Å². The Morgan fingerprint density at radius 2 is 1.80 bits per heavy atom. The van der Waals surface area contributed by atoms with Crippen LogP contribution in [0, 0.1) is 17.8 Å². The first-order chi connectivity index (χ1) is 9.49. The monoisotopic (exact) mass is 278 g/mol. The molecule has 1 atom stereocenters. The number of nitrogens with two attached hydrogens (primary N) is 1. The summed E-state index contributed by atoms with van der Waals surface area (Å²) in [6, 6.07) is 8.32. The van der Waals surface area contributed by atoms with Crippen LogP contribution in [0.2, 0.25) is 0 Å². The van der Waals surface area contributed by atoms with E-state index < -0.39 is 0 Å². The van der Waals surface area contributed by atoms with E-state index >= 15 is 0 Å². The topological polar surface area (TPSA) is 47.3 Å². The molecule has 0 heterocycles. The highest BCUT2D eigenvalue weighted by atomic mass is 16.5. The molecule has 0 fully saturated rings. The van der Waals surface area contributed by atoms with Gasteiger partial charge in [0.05, 0.1) is 7.11 Å². The number of nitrogens with one attached hydrogen (secondary N) is 1. The molecule has 1 rings (SSSR count). The van der Waals surface area contributed by atoms with Gasteiger partial charge >= 0.3 is 0 Å². The van der Waals surface area contributed by atoms with Crippen LogP contribution in [0.1, 0.15) is 39.3 Å². The lowest BCUT2D eigenvalue weighted by Crippen LogP contribution is -2.35. The van der Waals surface area contributed by atoms with Crippen LogP contribution in [-0.2, 0) is 0 Å². The Morgan fingerprint density at radius 1 is 1.15 bits per heavy atom. The number of rotatable bonds is 8. The Hall–Kier alpha value is -1.06. The van der Waals surface area contributed by atoms with Crippen molar-refractivity contribution in [2.75, 3.05) is 20.2 Å². The van der Waals surface area contributed by atoms with Crippen LogP contribution in [0.5, 0.6) is 5.75 Å². The summed E-state index contributed by atoms with van der Waals surface area (Å²) in [5.41, 5.74) is 7.12. The third kappa shape index (κ3) is 4.80. The third-order valence-electron chi connectivity index (χ3n) is 4.04. The predicted molar refractivity (Wildman–Crippen MR) is 86.0 cm³/mol. The molecule has 0 saturated carbocycles. The van der Waals surface area contributed by atoms with Crippen LogP contribution in [0.25, 0.3) is 0 Å². The van der Waals surface area contributed by atoms with E-state index in [0.717, 1.165) is 12.3 Å². The second-order valence-corrected chi connectivity index (χ2v) is 6.13. The van der Waals surface area contributed by atoms with Crippen molar-refractivity contribution < 1.29 is 4.74 Å². The molecule has 3 N–H and O–H groups in total. The van der Waals surface area contributed by atoms with Gasteiger partial charge in [0.1, 0.15) is 5.75 Å². The summed E-state index contributed by atoms with van der Waals surface area (Å²) in [5, 5.41) is 3.62. The van der Waals surface area contributed by atoms with E-state index in [9.17, 15) is 0 Å². The van der Waals surface area contributed by atoms with E-state index in [2.05, 4.69) is 45.1 Å². The van der Waals surface area contributed by atoms with Gasteiger partial charge in [-0.2, -0.15) is 0 Å². The van der Waals surface area contributed by atoms with E-state index in [1.165, 1.54) is 5.56 Å². The van der Waals surface area contributed by atoms with Crippen molar-refractivity contribution in [1.82, 2.24) is 5.32 Å².